The van der Waals surface area contributed by atoms with E-state index in [2.05, 4.69) is 18.3 Å². The maximum Gasteiger partial charge on any atom is 0.103 e. The molecule has 1 aromatic heterocycles. The molecule has 0 aliphatic heterocycles. The average Bonchev–Trinajstić information content (AvgIpc) is 2.90. The molecule has 2 aromatic rings. The van der Waals surface area contributed by atoms with Crippen molar-refractivity contribution in [3.63, 3.8) is 0 Å². The summed E-state index contributed by atoms with van der Waals surface area (Å²) in [6, 6.07) is 11.6. The molecule has 1 N–H and O–H groups in total. The van der Waals surface area contributed by atoms with Crippen molar-refractivity contribution < 1.29 is 4.42 Å². The second-order valence-electron chi connectivity index (χ2n) is 4.44. The molecule has 19 heavy (non-hydrogen) atoms. The molecule has 0 saturated carbocycles. The molecule has 0 amide bonds. The lowest BCUT2D eigenvalue weighted by Gasteiger charge is -2.16. The second-order valence-corrected chi connectivity index (χ2v) is 4.84. The predicted octanol–water partition coefficient (Wildman–Crippen LogP) is 4.24. The molecular formula is C15H15ClN2O. The lowest BCUT2D eigenvalue weighted by molar-refractivity contribution is 0.495. The van der Waals surface area contributed by atoms with Crippen LogP contribution in [-0.2, 0) is 6.42 Å². The van der Waals surface area contributed by atoms with Gasteiger partial charge in [-0.2, -0.15) is 5.26 Å². The first-order valence-electron chi connectivity index (χ1n) is 6.18. The molecule has 1 heterocycles. The van der Waals surface area contributed by atoms with Gasteiger partial charge in [0.2, 0.25) is 0 Å². The van der Waals surface area contributed by atoms with Crippen LogP contribution < -0.4 is 5.32 Å². The zero-order valence-corrected chi connectivity index (χ0v) is 11.4. The minimum absolute atomic E-state index is 0.232. The Labute approximate surface area is 117 Å². The molecule has 1 aromatic carbocycles. The molecule has 0 radical (unpaired) electrons. The zero-order chi connectivity index (χ0) is 13.7. The van der Waals surface area contributed by atoms with Crippen molar-refractivity contribution in [1.82, 2.24) is 0 Å². The Balaban J connectivity index is 1.97. The molecule has 1 atom stereocenters. The number of furan rings is 1. The highest BCUT2D eigenvalue weighted by Crippen LogP contribution is 2.24. The number of nitrogens with one attached hydrogen (secondary N) is 1. The number of anilines is 1. The first-order chi connectivity index (χ1) is 9.20. The van der Waals surface area contributed by atoms with E-state index >= 15 is 0 Å². The molecule has 4 heteroatoms. The number of nitrogens with zero attached hydrogens (tertiary/aromatic N) is 1. The highest BCUT2D eigenvalue weighted by Gasteiger charge is 2.09. The van der Waals surface area contributed by atoms with Gasteiger partial charge in [-0.15, -0.1) is 0 Å². The van der Waals surface area contributed by atoms with Gasteiger partial charge < -0.3 is 9.73 Å². The first kappa shape index (κ1) is 13.5. The summed E-state index contributed by atoms with van der Waals surface area (Å²) in [5.74, 6) is 0.972. The fraction of sp³-hybridized carbons (Fsp3) is 0.267. The fourth-order valence-corrected chi connectivity index (χ4v) is 2.13. The number of aryl methyl sites for hydroxylation is 1. The van der Waals surface area contributed by atoms with Crippen LogP contribution in [0, 0.1) is 11.3 Å². The molecular weight excluding hydrogens is 260 g/mol. The molecule has 0 aliphatic rings. The van der Waals surface area contributed by atoms with Crippen LogP contribution in [0.15, 0.2) is 41.0 Å². The predicted molar refractivity (Wildman–Crippen MR) is 76.3 cm³/mol. The summed E-state index contributed by atoms with van der Waals surface area (Å²) in [4.78, 5) is 0. The van der Waals surface area contributed by atoms with Crippen LogP contribution >= 0.6 is 11.6 Å². The fourth-order valence-electron chi connectivity index (χ4n) is 1.91. The van der Waals surface area contributed by atoms with Crippen LogP contribution in [0.5, 0.6) is 0 Å². The molecule has 0 aliphatic carbocycles. The van der Waals surface area contributed by atoms with Crippen LogP contribution in [0.4, 0.5) is 5.69 Å². The van der Waals surface area contributed by atoms with E-state index in [9.17, 15) is 0 Å². The van der Waals surface area contributed by atoms with Crippen molar-refractivity contribution in [2.24, 2.45) is 0 Å². The van der Waals surface area contributed by atoms with E-state index < -0.39 is 0 Å². The molecule has 0 saturated heterocycles. The molecule has 2 rings (SSSR count). The average molecular weight is 275 g/mol. The lowest BCUT2D eigenvalue weighted by atomic mass is 10.1. The molecule has 1 unspecified atom stereocenters. The highest BCUT2D eigenvalue weighted by molar-refractivity contribution is 6.32. The van der Waals surface area contributed by atoms with Crippen LogP contribution in [0.1, 0.15) is 24.7 Å². The van der Waals surface area contributed by atoms with Gasteiger partial charge in [-0.1, -0.05) is 17.7 Å². The largest absolute Gasteiger partial charge is 0.469 e. The number of nitriles is 1. The third kappa shape index (κ3) is 3.52. The third-order valence-corrected chi connectivity index (χ3v) is 3.25. The van der Waals surface area contributed by atoms with E-state index in [1.165, 1.54) is 0 Å². The molecule has 3 nitrogen and oxygen atoms in total. The number of halogens is 1. The highest BCUT2D eigenvalue weighted by atomic mass is 35.5. The van der Waals surface area contributed by atoms with Crippen molar-refractivity contribution in [1.29, 1.82) is 5.26 Å². The SMILES string of the molecule is CC(CCc1ccco1)Nc1cccc(Cl)c1C#N. The van der Waals surface area contributed by atoms with Crippen molar-refractivity contribution in [3.05, 3.63) is 52.9 Å². The number of hydrogen-bond acceptors (Lipinski definition) is 3. The van der Waals surface area contributed by atoms with Crippen LogP contribution in [0.3, 0.4) is 0 Å². The summed E-state index contributed by atoms with van der Waals surface area (Å²) in [5, 5.41) is 12.9. The summed E-state index contributed by atoms with van der Waals surface area (Å²) in [6.07, 6.45) is 3.46. The van der Waals surface area contributed by atoms with Crippen LogP contribution in [0.2, 0.25) is 5.02 Å². The van der Waals surface area contributed by atoms with Gasteiger partial charge in [0.15, 0.2) is 0 Å². The Kier molecular flexibility index (Phi) is 4.48. The maximum absolute atomic E-state index is 9.10. The minimum Gasteiger partial charge on any atom is -0.469 e. The van der Waals surface area contributed by atoms with Gasteiger partial charge in [-0.3, -0.25) is 0 Å². The van der Waals surface area contributed by atoms with Gasteiger partial charge in [-0.05, 0) is 37.6 Å². The maximum atomic E-state index is 9.10. The van der Waals surface area contributed by atoms with Gasteiger partial charge in [0.05, 0.1) is 22.5 Å². The van der Waals surface area contributed by atoms with Gasteiger partial charge in [0.25, 0.3) is 0 Å². The van der Waals surface area contributed by atoms with Crippen LogP contribution in [0.25, 0.3) is 0 Å². The van der Waals surface area contributed by atoms with Gasteiger partial charge in [-0.25, -0.2) is 0 Å². The summed E-state index contributed by atoms with van der Waals surface area (Å²) in [6.45, 7) is 2.07. The monoisotopic (exact) mass is 274 g/mol. The number of hydrogen-bond donors (Lipinski definition) is 1. The molecule has 0 fully saturated rings. The lowest BCUT2D eigenvalue weighted by Crippen LogP contribution is -2.16. The Morgan fingerprint density at radius 3 is 2.89 bits per heavy atom. The van der Waals surface area contributed by atoms with E-state index in [4.69, 9.17) is 21.3 Å². The molecule has 0 bridgehead atoms. The molecule has 0 spiro atoms. The van der Waals surface area contributed by atoms with Crippen molar-refractivity contribution in [3.8, 4) is 6.07 Å². The summed E-state index contributed by atoms with van der Waals surface area (Å²) >= 11 is 5.99. The van der Waals surface area contributed by atoms with Gasteiger partial charge in [0.1, 0.15) is 11.8 Å². The van der Waals surface area contributed by atoms with Crippen LogP contribution in [-0.4, -0.2) is 6.04 Å². The zero-order valence-electron chi connectivity index (χ0n) is 10.7. The van der Waals surface area contributed by atoms with Crippen molar-refractivity contribution in [2.75, 3.05) is 5.32 Å². The Hall–Kier alpha value is -1.92. The van der Waals surface area contributed by atoms with Gasteiger partial charge in [0, 0.05) is 12.5 Å². The quantitative estimate of drug-likeness (QED) is 0.887. The second kappa shape index (κ2) is 6.31. The third-order valence-electron chi connectivity index (χ3n) is 2.93. The van der Waals surface area contributed by atoms with Crippen molar-refractivity contribution in [2.45, 2.75) is 25.8 Å². The Bertz CT molecular complexity index is 572. The standard InChI is InChI=1S/C15H15ClN2O/c1-11(7-8-12-4-3-9-19-12)18-15-6-2-5-14(16)13(15)10-17/h2-6,9,11,18H,7-8H2,1H3. The van der Waals surface area contributed by atoms with E-state index in [1.807, 2.05) is 24.3 Å². The van der Waals surface area contributed by atoms with E-state index in [1.54, 1.807) is 12.3 Å². The van der Waals surface area contributed by atoms with E-state index in [-0.39, 0.29) is 6.04 Å². The number of benzene rings is 1. The Morgan fingerprint density at radius 1 is 1.37 bits per heavy atom. The van der Waals surface area contributed by atoms with Crippen molar-refractivity contribution >= 4 is 17.3 Å². The van der Waals surface area contributed by atoms with E-state index in [0.29, 0.717) is 10.6 Å². The summed E-state index contributed by atoms with van der Waals surface area (Å²) < 4.78 is 5.30. The first-order valence-corrected chi connectivity index (χ1v) is 6.56. The summed E-state index contributed by atoms with van der Waals surface area (Å²) in [5.41, 5.74) is 1.27. The van der Waals surface area contributed by atoms with E-state index in [0.717, 1.165) is 24.3 Å². The van der Waals surface area contributed by atoms with Gasteiger partial charge >= 0.3 is 0 Å². The smallest absolute Gasteiger partial charge is 0.103 e. The number of rotatable bonds is 5. The normalized spacial score (nSPS) is 11.8. The topological polar surface area (TPSA) is 49.0 Å². The Morgan fingerprint density at radius 2 is 2.21 bits per heavy atom. The summed E-state index contributed by atoms with van der Waals surface area (Å²) in [7, 11) is 0. The minimum atomic E-state index is 0.232. The molecule has 98 valence electrons.